The van der Waals surface area contributed by atoms with Crippen molar-refractivity contribution in [2.45, 2.75) is 0 Å². The molecule has 3 aromatic rings. The molecule has 3 rings (SSSR count). The van der Waals surface area contributed by atoms with Crippen LogP contribution in [-0.2, 0) is 0 Å². The van der Waals surface area contributed by atoms with E-state index in [4.69, 9.17) is 9.47 Å². The zero-order valence-electron chi connectivity index (χ0n) is 12.8. The molecule has 0 aliphatic heterocycles. The number of nitrogens with zero attached hydrogens (tertiary/aromatic N) is 2. The number of anilines is 2. The van der Waals surface area contributed by atoms with E-state index >= 15 is 0 Å². The number of rotatable bonds is 4. The normalized spacial score (nSPS) is 10.7. The third-order valence-electron chi connectivity index (χ3n) is 3.45. The molecular formula is C16H13F2N3O3. The van der Waals surface area contributed by atoms with Gasteiger partial charge >= 0.3 is 0 Å². The van der Waals surface area contributed by atoms with Gasteiger partial charge in [-0.3, -0.25) is 0 Å². The zero-order chi connectivity index (χ0) is 17.3. The van der Waals surface area contributed by atoms with Crippen molar-refractivity contribution in [3.8, 4) is 17.2 Å². The molecule has 0 saturated heterocycles. The number of aromatic hydroxyl groups is 1. The number of aromatic nitrogens is 2. The average molecular weight is 333 g/mol. The second kappa shape index (κ2) is 6.15. The molecule has 2 aromatic carbocycles. The standard InChI is InChI=1S/C16H13F2N3O3/c1-23-12-5-8-10(6-13(12)24-2)19-7-20-16(8)21-15-9(17)3-4-11(22)14(15)18/h3-7,22H,1-2H3,(H,19,20,21). The predicted molar refractivity (Wildman–Crippen MR) is 83.9 cm³/mol. The van der Waals surface area contributed by atoms with E-state index in [1.165, 1.54) is 20.5 Å². The van der Waals surface area contributed by atoms with E-state index in [0.29, 0.717) is 22.4 Å². The number of hydrogen-bond donors (Lipinski definition) is 2. The fourth-order valence-electron chi connectivity index (χ4n) is 2.26. The lowest BCUT2D eigenvalue weighted by Crippen LogP contribution is -2.01. The second-order valence-electron chi connectivity index (χ2n) is 4.83. The first-order valence-electron chi connectivity index (χ1n) is 6.86. The monoisotopic (exact) mass is 333 g/mol. The minimum atomic E-state index is -1.11. The molecule has 0 aliphatic rings. The Hall–Kier alpha value is -3.16. The summed E-state index contributed by atoms with van der Waals surface area (Å²) < 4.78 is 38.3. The summed E-state index contributed by atoms with van der Waals surface area (Å²) >= 11 is 0. The fourth-order valence-corrected chi connectivity index (χ4v) is 2.26. The van der Waals surface area contributed by atoms with Crippen molar-refractivity contribution < 1.29 is 23.4 Å². The van der Waals surface area contributed by atoms with Crippen LogP contribution in [0.3, 0.4) is 0 Å². The Morgan fingerprint density at radius 1 is 1.04 bits per heavy atom. The summed E-state index contributed by atoms with van der Waals surface area (Å²) in [5.41, 5.74) is -0.0177. The van der Waals surface area contributed by atoms with Gasteiger partial charge in [0.15, 0.2) is 23.1 Å². The Morgan fingerprint density at radius 2 is 1.75 bits per heavy atom. The third-order valence-corrected chi connectivity index (χ3v) is 3.45. The SMILES string of the molecule is COc1cc2ncnc(Nc3c(F)ccc(O)c3F)c2cc1OC. The molecule has 0 spiro atoms. The van der Waals surface area contributed by atoms with Gasteiger partial charge in [-0.2, -0.15) is 0 Å². The lowest BCUT2D eigenvalue weighted by molar-refractivity contribution is 0.356. The highest BCUT2D eigenvalue weighted by Crippen LogP contribution is 2.35. The lowest BCUT2D eigenvalue weighted by Gasteiger charge is -2.13. The molecule has 0 fully saturated rings. The summed E-state index contributed by atoms with van der Waals surface area (Å²) in [7, 11) is 2.96. The van der Waals surface area contributed by atoms with Gasteiger partial charge in [0, 0.05) is 11.5 Å². The molecular weight excluding hydrogens is 320 g/mol. The minimum absolute atomic E-state index is 0.157. The van der Waals surface area contributed by atoms with Crippen LogP contribution in [0.25, 0.3) is 10.9 Å². The third kappa shape index (κ3) is 2.62. The van der Waals surface area contributed by atoms with Crippen LogP contribution in [0, 0.1) is 11.6 Å². The number of nitrogens with one attached hydrogen (secondary N) is 1. The highest BCUT2D eigenvalue weighted by atomic mass is 19.1. The van der Waals surface area contributed by atoms with Gasteiger partial charge in [0.1, 0.15) is 23.6 Å². The van der Waals surface area contributed by atoms with Crippen molar-refractivity contribution in [1.29, 1.82) is 0 Å². The summed E-state index contributed by atoms with van der Waals surface area (Å²) in [6.07, 6.45) is 1.25. The largest absolute Gasteiger partial charge is 0.505 e. The summed E-state index contributed by atoms with van der Waals surface area (Å²) in [5, 5.41) is 12.4. The molecule has 8 heteroatoms. The molecule has 0 amide bonds. The van der Waals surface area contributed by atoms with Gasteiger partial charge in [-0.15, -0.1) is 0 Å². The number of phenolic OH excluding ortho intramolecular Hbond substituents is 1. The van der Waals surface area contributed by atoms with Crippen molar-refractivity contribution in [1.82, 2.24) is 9.97 Å². The van der Waals surface area contributed by atoms with Crippen molar-refractivity contribution in [2.24, 2.45) is 0 Å². The Morgan fingerprint density at radius 3 is 2.46 bits per heavy atom. The van der Waals surface area contributed by atoms with Crippen LogP contribution in [0.1, 0.15) is 0 Å². The Balaban J connectivity index is 2.16. The van der Waals surface area contributed by atoms with Gasteiger partial charge in [-0.25, -0.2) is 18.7 Å². The van der Waals surface area contributed by atoms with E-state index in [2.05, 4.69) is 15.3 Å². The molecule has 6 nitrogen and oxygen atoms in total. The number of methoxy groups -OCH3 is 2. The van der Waals surface area contributed by atoms with Crippen molar-refractivity contribution in [3.63, 3.8) is 0 Å². The smallest absolute Gasteiger partial charge is 0.191 e. The number of phenols is 1. The van der Waals surface area contributed by atoms with Crippen LogP contribution >= 0.6 is 0 Å². The molecule has 124 valence electrons. The predicted octanol–water partition coefficient (Wildman–Crippen LogP) is 3.37. The molecule has 0 bridgehead atoms. The Bertz CT molecular complexity index is 919. The van der Waals surface area contributed by atoms with Gasteiger partial charge in [-0.1, -0.05) is 0 Å². The Labute approximate surface area is 135 Å². The van der Waals surface area contributed by atoms with Gasteiger partial charge in [0.05, 0.1) is 19.7 Å². The van der Waals surface area contributed by atoms with E-state index in [9.17, 15) is 13.9 Å². The van der Waals surface area contributed by atoms with Crippen LogP contribution in [0.2, 0.25) is 0 Å². The van der Waals surface area contributed by atoms with Gasteiger partial charge in [0.2, 0.25) is 0 Å². The number of hydrogen-bond acceptors (Lipinski definition) is 6. The van der Waals surface area contributed by atoms with Crippen LogP contribution in [-0.4, -0.2) is 29.3 Å². The molecule has 0 radical (unpaired) electrons. The van der Waals surface area contributed by atoms with Crippen molar-refractivity contribution >= 4 is 22.4 Å². The molecule has 0 saturated carbocycles. The number of ether oxygens (including phenoxy) is 2. The molecule has 0 unspecified atom stereocenters. The zero-order valence-corrected chi connectivity index (χ0v) is 12.8. The second-order valence-corrected chi connectivity index (χ2v) is 4.83. The van der Waals surface area contributed by atoms with Gasteiger partial charge in [0.25, 0.3) is 0 Å². The molecule has 1 heterocycles. The number of benzene rings is 2. The van der Waals surface area contributed by atoms with Crippen LogP contribution in [0.5, 0.6) is 17.2 Å². The van der Waals surface area contributed by atoms with Gasteiger partial charge < -0.3 is 19.9 Å². The molecule has 0 aliphatic carbocycles. The fraction of sp³-hybridized carbons (Fsp3) is 0.125. The summed E-state index contributed by atoms with van der Waals surface area (Å²) in [6.45, 7) is 0. The maximum absolute atomic E-state index is 14.0. The van der Waals surface area contributed by atoms with Gasteiger partial charge in [-0.05, 0) is 18.2 Å². The van der Waals surface area contributed by atoms with Crippen LogP contribution in [0.4, 0.5) is 20.3 Å². The number of fused-ring (bicyclic) bond motifs is 1. The van der Waals surface area contributed by atoms with Crippen molar-refractivity contribution in [3.05, 3.63) is 42.2 Å². The summed E-state index contributed by atoms with van der Waals surface area (Å²) in [6, 6.07) is 5.10. The summed E-state index contributed by atoms with van der Waals surface area (Å²) in [5.74, 6) is -1.61. The number of halogens is 2. The maximum atomic E-state index is 14.0. The molecule has 1 aromatic heterocycles. The van der Waals surface area contributed by atoms with Crippen molar-refractivity contribution in [2.75, 3.05) is 19.5 Å². The minimum Gasteiger partial charge on any atom is -0.505 e. The quantitative estimate of drug-likeness (QED) is 0.762. The first kappa shape index (κ1) is 15.7. The average Bonchev–Trinajstić information content (AvgIpc) is 2.60. The van der Waals surface area contributed by atoms with E-state index in [-0.39, 0.29) is 5.82 Å². The lowest BCUT2D eigenvalue weighted by atomic mass is 10.2. The van der Waals surface area contributed by atoms with E-state index in [1.807, 2.05) is 0 Å². The highest BCUT2D eigenvalue weighted by molar-refractivity contribution is 5.93. The molecule has 2 N–H and O–H groups in total. The Kier molecular flexibility index (Phi) is 4.03. The first-order valence-corrected chi connectivity index (χ1v) is 6.86. The van der Waals surface area contributed by atoms with Crippen LogP contribution in [0.15, 0.2) is 30.6 Å². The maximum Gasteiger partial charge on any atom is 0.191 e. The van der Waals surface area contributed by atoms with E-state index in [1.54, 1.807) is 12.1 Å². The summed E-state index contributed by atoms with van der Waals surface area (Å²) in [4.78, 5) is 8.12. The highest BCUT2D eigenvalue weighted by Gasteiger charge is 2.16. The molecule has 0 atom stereocenters. The van der Waals surface area contributed by atoms with Crippen LogP contribution < -0.4 is 14.8 Å². The topological polar surface area (TPSA) is 76.5 Å². The van der Waals surface area contributed by atoms with E-state index < -0.39 is 23.1 Å². The van der Waals surface area contributed by atoms with E-state index in [0.717, 1.165) is 12.1 Å². The molecule has 24 heavy (non-hydrogen) atoms. The first-order chi connectivity index (χ1) is 11.5.